The third kappa shape index (κ3) is 3.30. The van der Waals surface area contributed by atoms with E-state index in [1.165, 1.54) is 0 Å². The number of hydrogen-bond acceptors (Lipinski definition) is 3. The summed E-state index contributed by atoms with van der Waals surface area (Å²) in [6.07, 6.45) is 5.49. The molecule has 0 spiro atoms. The number of likely N-dealkylation sites (tertiary alicyclic amines) is 1. The number of likely N-dealkylation sites (N-methyl/N-ethyl adjacent to an activating group) is 1. The highest BCUT2D eigenvalue weighted by Gasteiger charge is 2.51. The molecule has 0 unspecified atom stereocenters. The zero-order valence-electron chi connectivity index (χ0n) is 16.7. The largest absolute Gasteiger partial charge is 0.380 e. The molecule has 4 atom stereocenters. The summed E-state index contributed by atoms with van der Waals surface area (Å²) in [5.74, 6) is 1.49. The van der Waals surface area contributed by atoms with Gasteiger partial charge in [-0.1, -0.05) is 30.2 Å². The number of fused-ring (bicyclic) bond motifs is 1. The van der Waals surface area contributed by atoms with Gasteiger partial charge in [0.05, 0.1) is 11.5 Å². The molecule has 5 heteroatoms. The Morgan fingerprint density at radius 2 is 1.78 bits per heavy atom. The number of methoxy groups -OCH3 is 1. The summed E-state index contributed by atoms with van der Waals surface area (Å²) in [4.78, 5) is 18.0. The fraction of sp³-hybridized carbons (Fsp3) is 0.682. The Labute approximate surface area is 167 Å². The van der Waals surface area contributed by atoms with E-state index in [4.69, 9.17) is 16.3 Å². The first-order valence-corrected chi connectivity index (χ1v) is 10.6. The van der Waals surface area contributed by atoms with Gasteiger partial charge in [0.25, 0.3) is 0 Å². The molecule has 1 aromatic rings. The molecule has 0 radical (unpaired) electrons. The van der Waals surface area contributed by atoms with E-state index in [1.54, 1.807) is 0 Å². The molecule has 0 N–H and O–H groups in total. The van der Waals surface area contributed by atoms with E-state index in [9.17, 15) is 4.79 Å². The molecule has 3 fully saturated rings. The first kappa shape index (κ1) is 19.2. The summed E-state index contributed by atoms with van der Waals surface area (Å²) in [6.45, 7) is 1.79. The summed E-state index contributed by atoms with van der Waals surface area (Å²) in [5, 5.41) is 0.730. The van der Waals surface area contributed by atoms with Crippen LogP contribution in [0, 0.1) is 11.8 Å². The highest BCUT2D eigenvalue weighted by atomic mass is 35.5. The lowest BCUT2D eigenvalue weighted by Crippen LogP contribution is -2.50. The molecule has 1 amide bonds. The summed E-state index contributed by atoms with van der Waals surface area (Å²) in [7, 11) is 6.10. The van der Waals surface area contributed by atoms with Crippen molar-refractivity contribution in [1.82, 2.24) is 9.80 Å². The number of carbonyl (C=O) groups is 1. The Bertz CT molecular complexity index is 686. The predicted octanol–water partition coefficient (Wildman–Crippen LogP) is 3.58. The van der Waals surface area contributed by atoms with Crippen LogP contribution in [0.5, 0.6) is 0 Å². The molecular weight excluding hydrogens is 360 g/mol. The van der Waals surface area contributed by atoms with Crippen LogP contribution in [-0.2, 0) is 14.9 Å². The minimum atomic E-state index is -0.320. The van der Waals surface area contributed by atoms with Gasteiger partial charge in [-0.15, -0.1) is 0 Å². The fourth-order valence-corrected chi connectivity index (χ4v) is 5.71. The van der Waals surface area contributed by atoms with Crippen molar-refractivity contribution in [2.24, 2.45) is 11.8 Å². The van der Waals surface area contributed by atoms with Crippen molar-refractivity contribution >= 4 is 17.5 Å². The van der Waals surface area contributed by atoms with Crippen LogP contribution in [-0.4, -0.2) is 62.1 Å². The van der Waals surface area contributed by atoms with Crippen molar-refractivity contribution in [1.29, 1.82) is 0 Å². The molecule has 1 heterocycles. The molecule has 0 aromatic heterocycles. The highest BCUT2D eigenvalue weighted by Crippen LogP contribution is 2.47. The predicted molar refractivity (Wildman–Crippen MR) is 108 cm³/mol. The Kier molecular flexibility index (Phi) is 5.26. The van der Waals surface area contributed by atoms with Crippen LogP contribution in [0.2, 0.25) is 5.02 Å². The van der Waals surface area contributed by atoms with E-state index in [0.717, 1.165) is 55.8 Å². The van der Waals surface area contributed by atoms with E-state index in [0.29, 0.717) is 23.8 Å². The lowest BCUT2D eigenvalue weighted by Gasteiger charge is -2.43. The van der Waals surface area contributed by atoms with Gasteiger partial charge in [-0.05, 0) is 69.3 Å². The minimum Gasteiger partial charge on any atom is -0.380 e. The van der Waals surface area contributed by atoms with Gasteiger partial charge in [-0.2, -0.15) is 0 Å². The third-order valence-corrected chi connectivity index (χ3v) is 7.60. The lowest BCUT2D eigenvalue weighted by molar-refractivity contribution is -0.140. The zero-order valence-corrected chi connectivity index (χ0v) is 17.4. The average molecular weight is 391 g/mol. The third-order valence-electron chi connectivity index (χ3n) is 7.35. The molecule has 2 saturated carbocycles. The van der Waals surface area contributed by atoms with Gasteiger partial charge < -0.3 is 14.5 Å². The number of benzene rings is 1. The SMILES string of the molecule is CO[C@@H]1C[C@H]2CN(C(=O)C3(c4ccc(Cl)cc4)CCC3)C[C@H]2C[C@H]1N(C)C. The van der Waals surface area contributed by atoms with E-state index >= 15 is 0 Å². The van der Waals surface area contributed by atoms with Gasteiger partial charge in [-0.25, -0.2) is 0 Å². The number of rotatable bonds is 4. The van der Waals surface area contributed by atoms with Crippen molar-refractivity contribution in [3.8, 4) is 0 Å². The second-order valence-electron chi connectivity index (χ2n) is 8.95. The van der Waals surface area contributed by atoms with Gasteiger partial charge >= 0.3 is 0 Å². The molecule has 3 aliphatic rings. The quantitative estimate of drug-likeness (QED) is 0.787. The fourth-order valence-electron chi connectivity index (χ4n) is 5.58. The van der Waals surface area contributed by atoms with Crippen molar-refractivity contribution in [3.05, 3.63) is 34.9 Å². The molecule has 1 saturated heterocycles. The van der Waals surface area contributed by atoms with Crippen molar-refractivity contribution in [2.45, 2.75) is 49.7 Å². The van der Waals surface area contributed by atoms with Gasteiger partial charge in [0.1, 0.15) is 0 Å². The molecule has 4 nitrogen and oxygen atoms in total. The van der Waals surface area contributed by atoms with Gasteiger partial charge in [0.15, 0.2) is 0 Å². The van der Waals surface area contributed by atoms with Crippen molar-refractivity contribution in [2.75, 3.05) is 34.3 Å². The lowest BCUT2D eigenvalue weighted by atomic mass is 9.63. The van der Waals surface area contributed by atoms with Crippen LogP contribution >= 0.6 is 11.6 Å². The van der Waals surface area contributed by atoms with Crippen molar-refractivity contribution in [3.63, 3.8) is 0 Å². The average Bonchev–Trinajstić information content (AvgIpc) is 3.04. The first-order chi connectivity index (χ1) is 12.9. The Balaban J connectivity index is 1.51. The van der Waals surface area contributed by atoms with Gasteiger partial charge in [0, 0.05) is 31.3 Å². The van der Waals surface area contributed by atoms with Crippen LogP contribution in [0.3, 0.4) is 0 Å². The Morgan fingerprint density at radius 1 is 1.15 bits per heavy atom. The second kappa shape index (κ2) is 7.38. The summed E-state index contributed by atoms with van der Waals surface area (Å²) in [5.41, 5.74) is 0.818. The summed E-state index contributed by atoms with van der Waals surface area (Å²) < 4.78 is 5.79. The molecule has 4 rings (SSSR count). The Hall–Kier alpha value is -1.10. The van der Waals surface area contributed by atoms with E-state index in [2.05, 4.69) is 23.9 Å². The normalized spacial score (nSPS) is 32.3. The minimum absolute atomic E-state index is 0.269. The van der Waals surface area contributed by atoms with Crippen LogP contribution in [0.1, 0.15) is 37.7 Å². The number of halogens is 1. The maximum absolute atomic E-state index is 13.6. The van der Waals surface area contributed by atoms with Gasteiger partial charge in [-0.3, -0.25) is 4.79 Å². The molecular formula is C22H31ClN2O2. The Morgan fingerprint density at radius 3 is 2.30 bits per heavy atom. The first-order valence-electron chi connectivity index (χ1n) is 10.2. The zero-order chi connectivity index (χ0) is 19.2. The molecule has 148 valence electrons. The number of hydrogen-bond donors (Lipinski definition) is 0. The number of carbonyl (C=O) groups excluding carboxylic acids is 1. The molecule has 1 aromatic carbocycles. The van der Waals surface area contributed by atoms with E-state index in [-0.39, 0.29) is 11.5 Å². The number of amides is 1. The van der Waals surface area contributed by atoms with E-state index in [1.807, 2.05) is 31.4 Å². The number of ether oxygens (including phenoxy) is 1. The summed E-state index contributed by atoms with van der Waals surface area (Å²) >= 11 is 6.07. The van der Waals surface area contributed by atoms with Crippen LogP contribution < -0.4 is 0 Å². The van der Waals surface area contributed by atoms with Crippen molar-refractivity contribution < 1.29 is 9.53 Å². The van der Waals surface area contributed by atoms with Gasteiger partial charge in [0.2, 0.25) is 5.91 Å². The molecule has 2 aliphatic carbocycles. The van der Waals surface area contributed by atoms with Crippen LogP contribution in [0.4, 0.5) is 0 Å². The maximum atomic E-state index is 13.6. The molecule has 27 heavy (non-hydrogen) atoms. The second-order valence-corrected chi connectivity index (χ2v) is 9.39. The van der Waals surface area contributed by atoms with E-state index < -0.39 is 0 Å². The number of nitrogens with zero attached hydrogens (tertiary/aromatic N) is 2. The molecule has 1 aliphatic heterocycles. The summed E-state index contributed by atoms with van der Waals surface area (Å²) in [6, 6.07) is 8.37. The van der Waals surface area contributed by atoms with Crippen LogP contribution in [0.15, 0.2) is 24.3 Å². The highest BCUT2D eigenvalue weighted by molar-refractivity contribution is 6.30. The standard InChI is InChI=1S/C22H31ClN2O2/c1-24(2)19-11-15-13-25(14-16(15)12-20(19)27-3)21(26)22(9-4-10-22)17-5-7-18(23)8-6-17/h5-8,15-16,19-20H,4,9-14H2,1-3H3/t15-,16+,19-,20-/m1/s1. The van der Waals surface area contributed by atoms with Crippen LogP contribution in [0.25, 0.3) is 0 Å². The smallest absolute Gasteiger partial charge is 0.233 e. The maximum Gasteiger partial charge on any atom is 0.233 e. The monoisotopic (exact) mass is 390 g/mol. The topological polar surface area (TPSA) is 32.8 Å². The molecule has 0 bridgehead atoms.